The van der Waals surface area contributed by atoms with Gasteiger partial charge in [-0.15, -0.1) is 0 Å². The maximum absolute atomic E-state index is 13.9. The summed E-state index contributed by atoms with van der Waals surface area (Å²) in [4.78, 5) is 12.0. The number of hydrogen-bond acceptors (Lipinski definition) is 2. The summed E-state index contributed by atoms with van der Waals surface area (Å²) < 4.78 is 13.9. The summed E-state index contributed by atoms with van der Waals surface area (Å²) in [6, 6.07) is 10.2. The summed E-state index contributed by atoms with van der Waals surface area (Å²) in [7, 11) is 0. The minimum absolute atomic E-state index is 0.0244. The normalized spacial score (nSPS) is 10.4. The summed E-state index contributed by atoms with van der Waals surface area (Å²) in [6.07, 6.45) is 0.645. The van der Waals surface area contributed by atoms with Gasteiger partial charge in [0.25, 0.3) is 5.91 Å². The largest absolute Gasteiger partial charge is 0.399 e. The molecule has 5 heteroatoms. The molecule has 21 heavy (non-hydrogen) atoms. The van der Waals surface area contributed by atoms with E-state index in [9.17, 15) is 9.18 Å². The fraction of sp³-hybridized carbons (Fsp3) is 0.188. The van der Waals surface area contributed by atoms with Gasteiger partial charge in [-0.3, -0.25) is 4.79 Å². The van der Waals surface area contributed by atoms with E-state index in [4.69, 9.17) is 17.3 Å². The quantitative estimate of drug-likeness (QED) is 0.851. The van der Waals surface area contributed by atoms with Gasteiger partial charge in [0.2, 0.25) is 0 Å². The summed E-state index contributed by atoms with van der Waals surface area (Å²) in [6.45, 7) is 1.99. The minimum Gasteiger partial charge on any atom is -0.399 e. The highest BCUT2D eigenvalue weighted by atomic mass is 35.5. The van der Waals surface area contributed by atoms with Crippen molar-refractivity contribution in [2.24, 2.45) is 0 Å². The van der Waals surface area contributed by atoms with Crippen molar-refractivity contribution in [3.63, 3.8) is 0 Å². The second-order valence-corrected chi connectivity index (χ2v) is 5.27. The van der Waals surface area contributed by atoms with E-state index in [2.05, 4.69) is 5.32 Å². The predicted molar refractivity (Wildman–Crippen MR) is 83.0 cm³/mol. The van der Waals surface area contributed by atoms with Crippen LogP contribution in [-0.4, -0.2) is 12.5 Å². The molecular formula is C16H16ClFN2O. The average Bonchev–Trinajstić information content (AvgIpc) is 2.44. The van der Waals surface area contributed by atoms with Gasteiger partial charge < -0.3 is 11.1 Å². The van der Waals surface area contributed by atoms with Crippen LogP contribution >= 0.6 is 11.6 Å². The molecule has 0 heterocycles. The van der Waals surface area contributed by atoms with Crippen molar-refractivity contribution in [3.05, 3.63) is 63.9 Å². The number of carbonyl (C=O) groups is 1. The molecule has 3 N–H and O–H groups in total. The molecule has 0 saturated heterocycles. The Morgan fingerprint density at radius 2 is 1.95 bits per heavy atom. The smallest absolute Gasteiger partial charge is 0.254 e. The number of amides is 1. The van der Waals surface area contributed by atoms with E-state index in [1.807, 2.05) is 12.1 Å². The second kappa shape index (κ2) is 6.59. The van der Waals surface area contributed by atoms with Gasteiger partial charge in [-0.1, -0.05) is 23.7 Å². The van der Waals surface area contributed by atoms with Crippen molar-refractivity contribution in [3.8, 4) is 0 Å². The summed E-state index contributed by atoms with van der Waals surface area (Å²) in [5.41, 5.74) is 7.39. The van der Waals surface area contributed by atoms with E-state index in [0.717, 1.165) is 5.56 Å². The van der Waals surface area contributed by atoms with Crippen molar-refractivity contribution < 1.29 is 9.18 Å². The van der Waals surface area contributed by atoms with Gasteiger partial charge in [-0.05, 0) is 48.7 Å². The molecule has 0 unspecified atom stereocenters. The van der Waals surface area contributed by atoms with E-state index in [1.54, 1.807) is 19.1 Å². The Labute approximate surface area is 127 Å². The topological polar surface area (TPSA) is 55.1 Å². The Hall–Kier alpha value is -2.07. The number of benzene rings is 2. The van der Waals surface area contributed by atoms with E-state index in [-0.39, 0.29) is 5.56 Å². The molecule has 0 aromatic heterocycles. The zero-order chi connectivity index (χ0) is 15.4. The molecule has 0 radical (unpaired) electrons. The van der Waals surface area contributed by atoms with Crippen molar-refractivity contribution >= 4 is 23.2 Å². The lowest BCUT2D eigenvalue weighted by Crippen LogP contribution is -2.27. The van der Waals surface area contributed by atoms with E-state index in [0.29, 0.717) is 29.2 Å². The van der Waals surface area contributed by atoms with Crippen LogP contribution in [0.2, 0.25) is 5.02 Å². The van der Waals surface area contributed by atoms with Gasteiger partial charge in [0.1, 0.15) is 5.82 Å². The molecule has 0 aliphatic heterocycles. The molecule has 0 aliphatic carbocycles. The highest BCUT2D eigenvalue weighted by Crippen LogP contribution is 2.17. The number of aryl methyl sites for hydroxylation is 1. The number of anilines is 1. The number of rotatable bonds is 4. The monoisotopic (exact) mass is 306 g/mol. The first kappa shape index (κ1) is 15.3. The lowest BCUT2D eigenvalue weighted by molar-refractivity contribution is 0.0950. The van der Waals surface area contributed by atoms with Gasteiger partial charge in [-0.2, -0.15) is 0 Å². The third kappa shape index (κ3) is 3.95. The van der Waals surface area contributed by atoms with Crippen LogP contribution in [0.5, 0.6) is 0 Å². The molecule has 1 amide bonds. The van der Waals surface area contributed by atoms with E-state index in [1.165, 1.54) is 12.1 Å². The Morgan fingerprint density at radius 1 is 1.29 bits per heavy atom. The fourth-order valence-corrected chi connectivity index (χ4v) is 2.16. The number of carbonyl (C=O) groups excluding carboxylic acids is 1. The molecule has 3 nitrogen and oxygen atoms in total. The first-order valence-electron chi connectivity index (χ1n) is 6.55. The van der Waals surface area contributed by atoms with Gasteiger partial charge in [-0.25, -0.2) is 4.39 Å². The fourth-order valence-electron chi connectivity index (χ4n) is 2.03. The SMILES string of the molecule is Cc1cc(N)cc(C(=O)NCCc2ccc(Cl)cc2)c1F. The molecule has 0 bridgehead atoms. The average molecular weight is 307 g/mol. The van der Waals surface area contributed by atoms with Gasteiger partial charge in [0.15, 0.2) is 0 Å². The molecule has 110 valence electrons. The Bertz CT molecular complexity index is 656. The first-order valence-corrected chi connectivity index (χ1v) is 6.93. The first-order chi connectivity index (χ1) is 9.97. The van der Waals surface area contributed by atoms with Gasteiger partial charge in [0.05, 0.1) is 5.56 Å². The molecule has 0 fully saturated rings. The minimum atomic E-state index is -0.534. The van der Waals surface area contributed by atoms with Crippen LogP contribution in [0.25, 0.3) is 0 Å². The zero-order valence-electron chi connectivity index (χ0n) is 11.6. The number of hydrogen-bond donors (Lipinski definition) is 2. The van der Waals surface area contributed by atoms with Crippen LogP contribution in [-0.2, 0) is 6.42 Å². The number of nitrogens with one attached hydrogen (secondary N) is 1. The van der Waals surface area contributed by atoms with Crippen LogP contribution in [0.1, 0.15) is 21.5 Å². The molecule has 0 aliphatic rings. The third-order valence-electron chi connectivity index (χ3n) is 3.13. The van der Waals surface area contributed by atoms with Crippen molar-refractivity contribution in [2.45, 2.75) is 13.3 Å². The maximum atomic E-state index is 13.9. The highest BCUT2D eigenvalue weighted by Gasteiger charge is 2.14. The highest BCUT2D eigenvalue weighted by molar-refractivity contribution is 6.30. The number of nitrogen functional groups attached to an aromatic ring is 1. The Morgan fingerprint density at radius 3 is 2.62 bits per heavy atom. The van der Waals surface area contributed by atoms with Crippen LogP contribution in [0.4, 0.5) is 10.1 Å². The maximum Gasteiger partial charge on any atom is 0.254 e. The molecule has 2 rings (SSSR count). The lowest BCUT2D eigenvalue weighted by Gasteiger charge is -2.09. The Kier molecular flexibility index (Phi) is 4.81. The zero-order valence-corrected chi connectivity index (χ0v) is 12.4. The number of nitrogens with two attached hydrogens (primary N) is 1. The van der Waals surface area contributed by atoms with Crippen LogP contribution in [0, 0.1) is 12.7 Å². The molecule has 0 spiro atoms. The van der Waals surface area contributed by atoms with Gasteiger partial charge in [0, 0.05) is 17.3 Å². The Balaban J connectivity index is 1.97. The summed E-state index contributed by atoms with van der Waals surface area (Å²) in [5, 5.41) is 3.36. The van der Waals surface area contributed by atoms with E-state index < -0.39 is 11.7 Å². The summed E-state index contributed by atoms with van der Waals surface area (Å²) in [5.74, 6) is -0.995. The molecular weight excluding hydrogens is 291 g/mol. The van der Waals surface area contributed by atoms with Crippen LogP contribution in [0.15, 0.2) is 36.4 Å². The molecule has 0 saturated carbocycles. The van der Waals surface area contributed by atoms with Gasteiger partial charge >= 0.3 is 0 Å². The lowest BCUT2D eigenvalue weighted by atomic mass is 10.1. The molecule has 2 aromatic carbocycles. The van der Waals surface area contributed by atoms with Crippen LogP contribution in [0.3, 0.4) is 0 Å². The second-order valence-electron chi connectivity index (χ2n) is 4.83. The van der Waals surface area contributed by atoms with Crippen molar-refractivity contribution in [1.82, 2.24) is 5.32 Å². The third-order valence-corrected chi connectivity index (χ3v) is 3.39. The predicted octanol–water partition coefficient (Wildman–Crippen LogP) is 3.34. The van der Waals surface area contributed by atoms with E-state index >= 15 is 0 Å². The van der Waals surface area contributed by atoms with Crippen molar-refractivity contribution in [2.75, 3.05) is 12.3 Å². The number of halogens is 2. The molecule has 2 aromatic rings. The summed E-state index contributed by atoms with van der Waals surface area (Å²) >= 11 is 5.80. The van der Waals surface area contributed by atoms with Crippen molar-refractivity contribution in [1.29, 1.82) is 0 Å². The van der Waals surface area contributed by atoms with Crippen LogP contribution < -0.4 is 11.1 Å². The standard InChI is InChI=1S/C16H16ClFN2O/c1-10-8-13(19)9-14(15(10)18)16(21)20-7-6-11-2-4-12(17)5-3-11/h2-5,8-9H,6-7,19H2,1H3,(H,20,21). The molecule has 0 atom stereocenters.